The predicted octanol–water partition coefficient (Wildman–Crippen LogP) is 2.09. The average molecular weight is 243 g/mol. The maximum Gasteiger partial charge on any atom is 0.120 e. The molecule has 0 spiro atoms. The fraction of sp³-hybridized carbons (Fsp3) is 0.286. The van der Waals surface area contributed by atoms with Crippen molar-refractivity contribution in [2.75, 3.05) is 0 Å². The fourth-order valence-corrected chi connectivity index (χ4v) is 1.69. The quantitative estimate of drug-likeness (QED) is 0.863. The maximum absolute atomic E-state index is 9.70. The van der Waals surface area contributed by atoms with Crippen molar-refractivity contribution in [3.05, 3.63) is 53.1 Å². The first-order valence-electron chi connectivity index (χ1n) is 5.92. The van der Waals surface area contributed by atoms with Gasteiger partial charge in [0, 0.05) is 31.0 Å². The van der Waals surface area contributed by atoms with Gasteiger partial charge in [-0.15, -0.1) is 0 Å². The van der Waals surface area contributed by atoms with E-state index in [0.717, 1.165) is 22.5 Å². The summed E-state index contributed by atoms with van der Waals surface area (Å²) in [5.41, 5.74) is 3.85. The van der Waals surface area contributed by atoms with E-state index >= 15 is 0 Å². The number of benzene rings is 1. The summed E-state index contributed by atoms with van der Waals surface area (Å²) in [7, 11) is 0. The van der Waals surface area contributed by atoms with Crippen molar-refractivity contribution in [3.63, 3.8) is 0 Å². The van der Waals surface area contributed by atoms with Crippen LogP contribution >= 0.6 is 0 Å². The van der Waals surface area contributed by atoms with Gasteiger partial charge in [0.15, 0.2) is 0 Å². The maximum atomic E-state index is 9.70. The highest BCUT2D eigenvalue weighted by Gasteiger charge is 2.01. The zero-order chi connectivity index (χ0) is 13.0. The lowest BCUT2D eigenvalue weighted by Gasteiger charge is -2.07. The Hall–Kier alpha value is -1.94. The molecule has 0 aliphatic rings. The van der Waals surface area contributed by atoms with Crippen LogP contribution in [0.1, 0.15) is 22.5 Å². The summed E-state index contributed by atoms with van der Waals surface area (Å²) in [6.07, 6.45) is 3.51. The van der Waals surface area contributed by atoms with E-state index in [0.29, 0.717) is 18.8 Å². The number of aryl methyl sites for hydroxylation is 2. The molecule has 0 saturated carbocycles. The van der Waals surface area contributed by atoms with Crippen molar-refractivity contribution >= 4 is 0 Å². The molecule has 18 heavy (non-hydrogen) atoms. The lowest BCUT2D eigenvalue weighted by molar-refractivity contribution is 0.464. The Morgan fingerprint density at radius 2 is 1.94 bits per heavy atom. The first-order valence-corrected chi connectivity index (χ1v) is 5.92. The minimum atomic E-state index is 0.322. The lowest BCUT2D eigenvalue weighted by atomic mass is 10.1. The Balaban J connectivity index is 1.92. The minimum absolute atomic E-state index is 0.322. The number of hydrogen-bond acceptors (Lipinski definition) is 4. The first kappa shape index (κ1) is 12.5. The largest absolute Gasteiger partial charge is 0.508 e. The van der Waals surface area contributed by atoms with Crippen molar-refractivity contribution in [1.29, 1.82) is 0 Å². The average Bonchev–Trinajstić information content (AvgIpc) is 2.36. The molecule has 2 N–H and O–H groups in total. The third-order valence-corrected chi connectivity index (χ3v) is 2.69. The summed E-state index contributed by atoms with van der Waals surface area (Å²) in [6, 6.07) is 5.59. The standard InChI is InChI=1S/C14H17N3O/c1-10-3-4-14(18)12(5-10)7-15-8-13-9-16-11(2)6-17-13/h3-6,9,15,18H,7-8H2,1-2H3. The normalized spacial score (nSPS) is 10.6. The van der Waals surface area contributed by atoms with Gasteiger partial charge in [0.2, 0.25) is 0 Å². The van der Waals surface area contributed by atoms with E-state index in [-0.39, 0.29) is 0 Å². The zero-order valence-corrected chi connectivity index (χ0v) is 10.6. The molecule has 0 aliphatic heterocycles. The molecule has 2 rings (SSSR count). The molecular weight excluding hydrogens is 226 g/mol. The van der Waals surface area contributed by atoms with Gasteiger partial charge < -0.3 is 10.4 Å². The summed E-state index contributed by atoms with van der Waals surface area (Å²) in [4.78, 5) is 8.45. The van der Waals surface area contributed by atoms with E-state index in [1.165, 1.54) is 0 Å². The minimum Gasteiger partial charge on any atom is -0.508 e. The molecule has 1 aromatic carbocycles. The molecule has 1 aromatic heterocycles. The van der Waals surface area contributed by atoms with Gasteiger partial charge in [-0.25, -0.2) is 0 Å². The zero-order valence-electron chi connectivity index (χ0n) is 10.6. The Morgan fingerprint density at radius 1 is 1.11 bits per heavy atom. The van der Waals surface area contributed by atoms with E-state index in [9.17, 15) is 5.11 Å². The van der Waals surface area contributed by atoms with Gasteiger partial charge in [0.25, 0.3) is 0 Å². The summed E-state index contributed by atoms with van der Waals surface area (Å²) < 4.78 is 0. The second kappa shape index (κ2) is 5.60. The van der Waals surface area contributed by atoms with Crippen LogP contribution in [-0.4, -0.2) is 15.1 Å². The van der Waals surface area contributed by atoms with Crippen LogP contribution in [0.5, 0.6) is 5.75 Å². The number of aromatic nitrogens is 2. The van der Waals surface area contributed by atoms with Gasteiger partial charge in [-0.3, -0.25) is 9.97 Å². The van der Waals surface area contributed by atoms with Crippen LogP contribution in [0.2, 0.25) is 0 Å². The fourth-order valence-electron chi connectivity index (χ4n) is 1.69. The highest BCUT2D eigenvalue weighted by Crippen LogP contribution is 2.17. The third kappa shape index (κ3) is 3.28. The van der Waals surface area contributed by atoms with Crippen molar-refractivity contribution < 1.29 is 5.11 Å². The molecule has 0 amide bonds. The molecule has 0 unspecified atom stereocenters. The summed E-state index contributed by atoms with van der Waals surface area (Å²) in [5.74, 6) is 0.322. The highest BCUT2D eigenvalue weighted by atomic mass is 16.3. The Bertz CT molecular complexity index is 523. The van der Waals surface area contributed by atoms with Gasteiger partial charge in [-0.05, 0) is 19.9 Å². The van der Waals surface area contributed by atoms with Crippen LogP contribution in [-0.2, 0) is 13.1 Å². The van der Waals surface area contributed by atoms with Crippen molar-refractivity contribution in [2.24, 2.45) is 0 Å². The molecule has 0 fully saturated rings. The smallest absolute Gasteiger partial charge is 0.120 e. The first-order chi connectivity index (χ1) is 8.65. The molecular formula is C14H17N3O. The number of phenols is 1. The summed E-state index contributed by atoms with van der Waals surface area (Å²) >= 11 is 0. The third-order valence-electron chi connectivity index (χ3n) is 2.69. The van der Waals surface area contributed by atoms with Gasteiger partial charge in [-0.2, -0.15) is 0 Å². The molecule has 4 heteroatoms. The molecule has 0 saturated heterocycles. The molecule has 1 heterocycles. The van der Waals surface area contributed by atoms with Gasteiger partial charge in [0.05, 0.1) is 11.4 Å². The number of nitrogens with zero attached hydrogens (tertiary/aromatic N) is 2. The lowest BCUT2D eigenvalue weighted by Crippen LogP contribution is -2.14. The second-order valence-electron chi connectivity index (χ2n) is 4.38. The van der Waals surface area contributed by atoms with E-state index < -0.39 is 0 Å². The van der Waals surface area contributed by atoms with Crippen LogP contribution < -0.4 is 5.32 Å². The second-order valence-corrected chi connectivity index (χ2v) is 4.38. The van der Waals surface area contributed by atoms with Crippen molar-refractivity contribution in [1.82, 2.24) is 15.3 Å². The Morgan fingerprint density at radius 3 is 2.67 bits per heavy atom. The molecule has 2 aromatic rings. The monoisotopic (exact) mass is 243 g/mol. The Kier molecular flexibility index (Phi) is 3.89. The molecule has 94 valence electrons. The van der Waals surface area contributed by atoms with Crippen LogP contribution in [0.15, 0.2) is 30.6 Å². The van der Waals surface area contributed by atoms with Crippen LogP contribution in [0.25, 0.3) is 0 Å². The van der Waals surface area contributed by atoms with Crippen molar-refractivity contribution in [2.45, 2.75) is 26.9 Å². The number of hydrogen-bond donors (Lipinski definition) is 2. The molecule has 4 nitrogen and oxygen atoms in total. The van der Waals surface area contributed by atoms with Gasteiger partial charge in [0.1, 0.15) is 5.75 Å². The number of nitrogens with one attached hydrogen (secondary N) is 1. The topological polar surface area (TPSA) is 58.0 Å². The SMILES string of the molecule is Cc1ccc(O)c(CNCc2cnc(C)cn2)c1. The van der Waals surface area contributed by atoms with E-state index in [4.69, 9.17) is 0 Å². The molecule has 0 radical (unpaired) electrons. The van der Waals surface area contributed by atoms with E-state index in [1.807, 2.05) is 26.0 Å². The van der Waals surface area contributed by atoms with Crippen molar-refractivity contribution in [3.8, 4) is 5.75 Å². The van der Waals surface area contributed by atoms with Crippen LogP contribution in [0.3, 0.4) is 0 Å². The molecule has 0 atom stereocenters. The number of phenolic OH excluding ortho intramolecular Hbond substituents is 1. The molecule has 0 bridgehead atoms. The number of aromatic hydroxyl groups is 1. The van der Waals surface area contributed by atoms with Crippen LogP contribution in [0, 0.1) is 13.8 Å². The van der Waals surface area contributed by atoms with Crippen LogP contribution in [0.4, 0.5) is 0 Å². The number of rotatable bonds is 4. The predicted molar refractivity (Wildman–Crippen MR) is 70.2 cm³/mol. The molecule has 0 aliphatic carbocycles. The summed E-state index contributed by atoms with van der Waals surface area (Å²) in [6.45, 7) is 5.17. The van der Waals surface area contributed by atoms with Gasteiger partial charge >= 0.3 is 0 Å². The Labute approximate surface area is 107 Å². The summed E-state index contributed by atoms with van der Waals surface area (Å²) in [5, 5.41) is 12.9. The van der Waals surface area contributed by atoms with E-state index in [2.05, 4.69) is 15.3 Å². The highest BCUT2D eigenvalue weighted by molar-refractivity contribution is 5.35. The van der Waals surface area contributed by atoms with E-state index in [1.54, 1.807) is 18.5 Å². The van der Waals surface area contributed by atoms with Gasteiger partial charge in [-0.1, -0.05) is 17.7 Å².